The van der Waals surface area contributed by atoms with E-state index >= 15 is 0 Å². The number of nitrogens with zero attached hydrogens (tertiary/aromatic N) is 3. The lowest BCUT2D eigenvalue weighted by atomic mass is 10.2. The van der Waals surface area contributed by atoms with Crippen molar-refractivity contribution in [2.45, 2.75) is 0 Å². The van der Waals surface area contributed by atoms with Crippen LogP contribution in [0.25, 0.3) is 0 Å². The molecule has 2 amide bonds. The number of rotatable bonds is 2. The predicted molar refractivity (Wildman–Crippen MR) is 60.9 cm³/mol. The van der Waals surface area contributed by atoms with E-state index < -0.39 is 17.6 Å². The number of piperazine rings is 1. The van der Waals surface area contributed by atoms with Crippen LogP contribution in [-0.2, 0) is 9.59 Å². The molecule has 1 heterocycles. The second-order valence-corrected chi connectivity index (χ2v) is 3.82. The number of nitriles is 1. The topological polar surface area (TPSA) is 64.4 Å². The third-order valence-corrected chi connectivity index (χ3v) is 2.71. The molecule has 0 aliphatic carbocycles. The van der Waals surface area contributed by atoms with Gasteiger partial charge in [0, 0.05) is 18.8 Å². The van der Waals surface area contributed by atoms with Gasteiger partial charge in [-0.25, -0.2) is 4.39 Å². The van der Waals surface area contributed by atoms with E-state index in [1.165, 1.54) is 34.1 Å². The zero-order valence-electron chi connectivity index (χ0n) is 9.47. The number of benzene rings is 1. The number of anilines is 1. The van der Waals surface area contributed by atoms with Crippen molar-refractivity contribution in [1.82, 2.24) is 4.90 Å². The number of hydrogen-bond donors (Lipinski definition) is 0. The summed E-state index contributed by atoms with van der Waals surface area (Å²) >= 11 is 0. The molecule has 2 rings (SSSR count). The molecule has 6 heteroatoms. The minimum Gasteiger partial charge on any atom is -0.319 e. The summed E-state index contributed by atoms with van der Waals surface area (Å²) in [4.78, 5) is 26.0. The van der Waals surface area contributed by atoms with Gasteiger partial charge in [-0.15, -0.1) is 0 Å². The Morgan fingerprint density at radius 2 is 1.83 bits per heavy atom. The van der Waals surface area contributed by atoms with Gasteiger partial charge >= 0.3 is 11.8 Å². The quantitative estimate of drug-likeness (QED) is 0.565. The maximum atomic E-state index is 12.8. The van der Waals surface area contributed by atoms with Crippen LogP contribution in [0.2, 0.25) is 0 Å². The summed E-state index contributed by atoms with van der Waals surface area (Å²) in [5.74, 6) is -1.80. The molecule has 5 nitrogen and oxygen atoms in total. The number of carbonyl (C=O) groups excluding carboxylic acids is 2. The number of amides is 2. The number of halogens is 1. The zero-order chi connectivity index (χ0) is 13.1. The Balaban J connectivity index is 2.18. The minimum atomic E-state index is -0.702. The van der Waals surface area contributed by atoms with Crippen molar-refractivity contribution < 1.29 is 14.0 Å². The first-order valence-electron chi connectivity index (χ1n) is 5.37. The molecule has 1 aliphatic heterocycles. The first-order chi connectivity index (χ1) is 8.63. The highest BCUT2D eigenvalue weighted by Crippen LogP contribution is 2.18. The molecule has 0 N–H and O–H groups in total. The molecule has 0 bridgehead atoms. The summed E-state index contributed by atoms with van der Waals surface area (Å²) in [6.07, 6.45) is 0. The molecule has 0 saturated carbocycles. The molecular weight excluding hydrogens is 237 g/mol. The van der Waals surface area contributed by atoms with Crippen molar-refractivity contribution in [2.24, 2.45) is 0 Å². The zero-order valence-corrected chi connectivity index (χ0v) is 9.47. The van der Waals surface area contributed by atoms with E-state index in [1.807, 2.05) is 6.07 Å². The van der Waals surface area contributed by atoms with Gasteiger partial charge in [0.1, 0.15) is 12.4 Å². The van der Waals surface area contributed by atoms with Gasteiger partial charge in [-0.2, -0.15) is 5.26 Å². The third-order valence-electron chi connectivity index (χ3n) is 2.71. The van der Waals surface area contributed by atoms with Crippen LogP contribution in [0.3, 0.4) is 0 Å². The minimum absolute atomic E-state index is 0.0954. The standard InChI is InChI=1S/C12H10FN3O2/c13-9-1-3-10(4-2-9)16-8-7-15(6-5-14)11(17)12(16)18/h1-4H,6-8H2. The van der Waals surface area contributed by atoms with Gasteiger partial charge in [0.05, 0.1) is 6.07 Å². The third kappa shape index (κ3) is 2.15. The van der Waals surface area contributed by atoms with Crippen LogP contribution in [0.1, 0.15) is 0 Å². The number of hydrogen-bond acceptors (Lipinski definition) is 3. The Hall–Kier alpha value is -2.42. The number of carbonyl (C=O) groups is 2. The molecule has 1 aliphatic rings. The van der Waals surface area contributed by atoms with Gasteiger partial charge in [-0.1, -0.05) is 0 Å². The van der Waals surface area contributed by atoms with Gasteiger partial charge in [0.25, 0.3) is 0 Å². The lowest BCUT2D eigenvalue weighted by molar-refractivity contribution is -0.145. The van der Waals surface area contributed by atoms with Crippen LogP contribution in [0.5, 0.6) is 0 Å². The second-order valence-electron chi connectivity index (χ2n) is 3.82. The van der Waals surface area contributed by atoms with Gasteiger partial charge in [-0.05, 0) is 24.3 Å². The van der Waals surface area contributed by atoms with Crippen molar-refractivity contribution in [3.8, 4) is 6.07 Å². The molecule has 1 fully saturated rings. The fraction of sp³-hybridized carbons (Fsp3) is 0.250. The Morgan fingerprint density at radius 1 is 1.17 bits per heavy atom. The van der Waals surface area contributed by atoms with Crippen LogP contribution >= 0.6 is 0 Å². The molecule has 1 aromatic carbocycles. The predicted octanol–water partition coefficient (Wildman–Crippen LogP) is 0.524. The van der Waals surface area contributed by atoms with Crippen LogP contribution in [0, 0.1) is 17.1 Å². The van der Waals surface area contributed by atoms with Crippen molar-refractivity contribution in [3.63, 3.8) is 0 Å². The lowest BCUT2D eigenvalue weighted by Crippen LogP contribution is -2.54. The average molecular weight is 247 g/mol. The molecular formula is C12H10FN3O2. The normalized spacial score (nSPS) is 15.8. The van der Waals surface area contributed by atoms with Crippen LogP contribution in [-0.4, -0.2) is 36.3 Å². The fourth-order valence-corrected chi connectivity index (χ4v) is 1.78. The molecule has 0 atom stereocenters. The summed E-state index contributed by atoms with van der Waals surface area (Å²) < 4.78 is 12.8. The second kappa shape index (κ2) is 4.84. The van der Waals surface area contributed by atoms with E-state index in [0.717, 1.165) is 0 Å². The van der Waals surface area contributed by atoms with E-state index in [9.17, 15) is 14.0 Å². The van der Waals surface area contributed by atoms with Gasteiger partial charge in [-0.3, -0.25) is 9.59 Å². The van der Waals surface area contributed by atoms with Gasteiger partial charge < -0.3 is 9.80 Å². The highest BCUT2D eigenvalue weighted by molar-refractivity contribution is 6.41. The van der Waals surface area contributed by atoms with E-state index in [-0.39, 0.29) is 6.54 Å². The van der Waals surface area contributed by atoms with Crippen LogP contribution in [0.4, 0.5) is 10.1 Å². The van der Waals surface area contributed by atoms with E-state index in [4.69, 9.17) is 5.26 Å². The highest BCUT2D eigenvalue weighted by Gasteiger charge is 2.32. The molecule has 0 aromatic heterocycles. The van der Waals surface area contributed by atoms with Crippen molar-refractivity contribution >= 4 is 17.5 Å². The van der Waals surface area contributed by atoms with E-state index in [1.54, 1.807) is 0 Å². The van der Waals surface area contributed by atoms with Gasteiger partial charge in [0.2, 0.25) is 0 Å². The van der Waals surface area contributed by atoms with Crippen molar-refractivity contribution in [2.75, 3.05) is 24.5 Å². The Labute approximate surface area is 103 Å². The summed E-state index contributed by atoms with van der Waals surface area (Å²) in [6.45, 7) is 0.509. The smallest absolute Gasteiger partial charge is 0.316 e. The van der Waals surface area contributed by atoms with Crippen LogP contribution in [0.15, 0.2) is 24.3 Å². The summed E-state index contributed by atoms with van der Waals surface area (Å²) in [5.41, 5.74) is 0.478. The maximum absolute atomic E-state index is 12.8. The maximum Gasteiger partial charge on any atom is 0.316 e. The van der Waals surface area contributed by atoms with Crippen molar-refractivity contribution in [1.29, 1.82) is 5.26 Å². The first kappa shape index (κ1) is 12.0. The SMILES string of the molecule is N#CCN1CCN(c2ccc(F)cc2)C(=O)C1=O. The summed E-state index contributed by atoms with van der Waals surface area (Å²) in [7, 11) is 0. The highest BCUT2D eigenvalue weighted by atomic mass is 19.1. The Morgan fingerprint density at radius 3 is 2.44 bits per heavy atom. The molecule has 1 saturated heterocycles. The molecule has 0 spiro atoms. The van der Waals surface area contributed by atoms with E-state index in [0.29, 0.717) is 18.8 Å². The molecule has 1 aromatic rings. The average Bonchev–Trinajstić information content (AvgIpc) is 2.37. The Bertz CT molecular complexity index is 521. The van der Waals surface area contributed by atoms with Gasteiger partial charge in [0.15, 0.2) is 0 Å². The molecule has 0 unspecified atom stereocenters. The monoisotopic (exact) mass is 247 g/mol. The summed E-state index contributed by atoms with van der Waals surface area (Å²) in [5, 5.41) is 8.53. The van der Waals surface area contributed by atoms with Crippen LogP contribution < -0.4 is 4.90 Å². The summed E-state index contributed by atoms with van der Waals surface area (Å²) in [6, 6.07) is 7.19. The fourth-order valence-electron chi connectivity index (χ4n) is 1.78. The first-order valence-corrected chi connectivity index (χ1v) is 5.37. The largest absolute Gasteiger partial charge is 0.319 e. The molecule has 92 valence electrons. The Kier molecular flexibility index (Phi) is 3.24. The molecule has 18 heavy (non-hydrogen) atoms. The van der Waals surface area contributed by atoms with E-state index in [2.05, 4.69) is 0 Å². The molecule has 0 radical (unpaired) electrons. The lowest BCUT2D eigenvalue weighted by Gasteiger charge is -2.32. The van der Waals surface area contributed by atoms with Crippen molar-refractivity contribution in [3.05, 3.63) is 30.1 Å².